The number of hydrogen-bond donors (Lipinski definition) is 1. The van der Waals surface area contributed by atoms with Gasteiger partial charge in [-0.25, -0.2) is 0 Å². The number of hydrogen-bond acceptors (Lipinski definition) is 1. The summed E-state index contributed by atoms with van der Waals surface area (Å²) in [5, 5.41) is 10.6. The van der Waals surface area contributed by atoms with Gasteiger partial charge in [-0.3, -0.25) is 0 Å². The highest BCUT2D eigenvalue weighted by Gasteiger charge is 2.16. The number of rotatable bonds is 0. The highest BCUT2D eigenvalue weighted by atomic mass is 32.1. The number of nitrogens with one attached hydrogen (secondary N) is 1. The summed E-state index contributed by atoms with van der Waals surface area (Å²) >= 11 is 1.87. The summed E-state index contributed by atoms with van der Waals surface area (Å²) in [7, 11) is 0. The van der Waals surface area contributed by atoms with Crippen LogP contribution in [0.3, 0.4) is 0 Å². The Morgan fingerprint density at radius 1 is 0.429 bits per heavy atom. The van der Waals surface area contributed by atoms with Gasteiger partial charge < -0.3 is 4.98 Å². The SMILES string of the molecule is c1ccc2c(c1)sc1ccc3c([nH]c4c5ccccc5c5ccccc5c34)c12. The summed E-state index contributed by atoms with van der Waals surface area (Å²) in [6, 6.07) is 30.9. The topological polar surface area (TPSA) is 15.8 Å². The smallest absolute Gasteiger partial charge is 0.0559 e. The minimum absolute atomic E-state index is 1.24. The molecule has 0 fully saturated rings. The molecule has 2 heterocycles. The average molecular weight is 373 g/mol. The molecule has 7 aromatic rings. The third kappa shape index (κ3) is 1.71. The van der Waals surface area contributed by atoms with Gasteiger partial charge in [-0.2, -0.15) is 0 Å². The van der Waals surface area contributed by atoms with Crippen LogP contribution in [0.15, 0.2) is 84.9 Å². The van der Waals surface area contributed by atoms with Gasteiger partial charge in [0.05, 0.1) is 11.0 Å². The molecule has 0 aliphatic rings. The fraction of sp³-hybridized carbons (Fsp3) is 0. The van der Waals surface area contributed by atoms with Crippen molar-refractivity contribution in [3.8, 4) is 0 Å². The quantitative estimate of drug-likeness (QED) is 0.259. The third-order valence-electron chi connectivity index (χ3n) is 6.00. The van der Waals surface area contributed by atoms with Crippen LogP contribution in [-0.4, -0.2) is 4.98 Å². The molecule has 0 saturated carbocycles. The molecule has 0 spiro atoms. The molecule has 1 nitrogen and oxygen atoms in total. The minimum Gasteiger partial charge on any atom is -0.353 e. The molecule has 5 aromatic carbocycles. The Hall–Kier alpha value is -3.36. The van der Waals surface area contributed by atoms with E-state index in [1.165, 1.54) is 63.5 Å². The molecule has 0 radical (unpaired) electrons. The van der Waals surface area contributed by atoms with Crippen molar-refractivity contribution >= 4 is 74.9 Å². The van der Waals surface area contributed by atoms with E-state index < -0.39 is 0 Å². The highest BCUT2D eigenvalue weighted by Crippen LogP contribution is 2.43. The van der Waals surface area contributed by atoms with Crippen LogP contribution in [0.5, 0.6) is 0 Å². The molecule has 130 valence electrons. The molecule has 7 rings (SSSR count). The van der Waals surface area contributed by atoms with E-state index in [0.29, 0.717) is 0 Å². The predicted octanol–water partition coefficient (Wildman–Crippen LogP) is 8.00. The molecule has 28 heavy (non-hydrogen) atoms. The molecule has 1 N–H and O–H groups in total. The van der Waals surface area contributed by atoms with Crippen molar-refractivity contribution in [3.63, 3.8) is 0 Å². The Kier molecular flexibility index (Phi) is 2.68. The van der Waals surface area contributed by atoms with E-state index in [1.807, 2.05) is 11.3 Å². The average Bonchev–Trinajstić information content (AvgIpc) is 3.32. The van der Waals surface area contributed by atoms with Crippen molar-refractivity contribution in [2.75, 3.05) is 0 Å². The first-order chi connectivity index (χ1) is 13.9. The summed E-state index contributed by atoms with van der Waals surface area (Å²) in [6.07, 6.45) is 0. The Morgan fingerprint density at radius 3 is 1.86 bits per heavy atom. The van der Waals surface area contributed by atoms with Gasteiger partial charge in [0.15, 0.2) is 0 Å². The predicted molar refractivity (Wildman–Crippen MR) is 124 cm³/mol. The standard InChI is InChI=1S/C26H15NS/c1-3-9-17-15(7-1)16-8-2-4-10-18(16)25-23(17)20-13-14-22-24(26(20)27-25)19-11-5-6-12-21(19)28-22/h1-14,27H. The molecular weight excluding hydrogens is 358 g/mol. The number of benzene rings is 5. The van der Waals surface area contributed by atoms with Gasteiger partial charge in [0.25, 0.3) is 0 Å². The number of fused-ring (bicyclic) bond motifs is 12. The van der Waals surface area contributed by atoms with E-state index in [2.05, 4.69) is 89.9 Å². The zero-order valence-electron chi connectivity index (χ0n) is 15.0. The molecule has 0 amide bonds. The van der Waals surface area contributed by atoms with Crippen LogP contribution in [0.2, 0.25) is 0 Å². The van der Waals surface area contributed by atoms with Gasteiger partial charge in [0.1, 0.15) is 0 Å². The summed E-state index contributed by atoms with van der Waals surface area (Å²) < 4.78 is 2.69. The Bertz CT molecular complexity index is 1720. The van der Waals surface area contributed by atoms with E-state index >= 15 is 0 Å². The Morgan fingerprint density at radius 2 is 1.04 bits per heavy atom. The monoisotopic (exact) mass is 373 g/mol. The van der Waals surface area contributed by atoms with Crippen molar-refractivity contribution < 1.29 is 0 Å². The zero-order chi connectivity index (χ0) is 18.2. The van der Waals surface area contributed by atoms with Gasteiger partial charge >= 0.3 is 0 Å². The molecule has 0 saturated heterocycles. The van der Waals surface area contributed by atoms with Crippen molar-refractivity contribution in [1.82, 2.24) is 4.98 Å². The maximum absolute atomic E-state index is 3.84. The zero-order valence-corrected chi connectivity index (χ0v) is 15.8. The van der Waals surface area contributed by atoms with Crippen LogP contribution in [0.1, 0.15) is 0 Å². The van der Waals surface area contributed by atoms with Crippen LogP contribution in [0, 0.1) is 0 Å². The van der Waals surface area contributed by atoms with E-state index in [0.717, 1.165) is 0 Å². The summed E-state index contributed by atoms with van der Waals surface area (Å²) in [5.41, 5.74) is 2.50. The third-order valence-corrected chi connectivity index (χ3v) is 7.13. The van der Waals surface area contributed by atoms with Gasteiger partial charge in [-0.15, -0.1) is 11.3 Å². The van der Waals surface area contributed by atoms with Crippen LogP contribution >= 0.6 is 11.3 Å². The van der Waals surface area contributed by atoms with Crippen molar-refractivity contribution in [1.29, 1.82) is 0 Å². The van der Waals surface area contributed by atoms with Crippen LogP contribution < -0.4 is 0 Å². The number of aromatic nitrogens is 1. The maximum atomic E-state index is 3.84. The lowest BCUT2D eigenvalue weighted by atomic mass is 9.96. The number of H-pyrrole nitrogens is 1. The first kappa shape index (κ1) is 14.7. The molecular formula is C26H15NS. The van der Waals surface area contributed by atoms with Crippen molar-refractivity contribution in [2.24, 2.45) is 0 Å². The van der Waals surface area contributed by atoms with Gasteiger partial charge in [-0.05, 0) is 28.3 Å². The van der Waals surface area contributed by atoms with Gasteiger partial charge in [0.2, 0.25) is 0 Å². The molecule has 0 unspecified atom stereocenters. The fourth-order valence-corrected chi connectivity index (χ4v) is 5.94. The van der Waals surface area contributed by atoms with Gasteiger partial charge in [-0.1, -0.05) is 72.8 Å². The second kappa shape index (κ2) is 5.12. The Labute approximate surface area is 164 Å². The lowest BCUT2D eigenvalue weighted by molar-refractivity contribution is 1.59. The largest absolute Gasteiger partial charge is 0.353 e. The molecule has 2 heteroatoms. The van der Waals surface area contributed by atoms with Crippen molar-refractivity contribution in [3.05, 3.63) is 84.9 Å². The summed E-state index contributed by atoms with van der Waals surface area (Å²) in [6.45, 7) is 0. The normalized spacial score (nSPS) is 12.3. The minimum atomic E-state index is 1.24. The van der Waals surface area contributed by atoms with Crippen LogP contribution in [-0.2, 0) is 0 Å². The Balaban J connectivity index is 1.85. The van der Waals surface area contributed by atoms with Gasteiger partial charge in [0, 0.05) is 36.3 Å². The molecule has 0 aliphatic carbocycles. The second-order valence-electron chi connectivity index (χ2n) is 7.43. The fourth-order valence-electron chi connectivity index (χ4n) is 4.83. The molecule has 0 aliphatic heterocycles. The number of thiophene rings is 1. The molecule has 2 aromatic heterocycles. The summed E-state index contributed by atoms with van der Waals surface area (Å²) in [5.74, 6) is 0. The molecule has 0 bridgehead atoms. The molecule has 0 atom stereocenters. The number of aromatic amines is 1. The summed E-state index contributed by atoms with van der Waals surface area (Å²) in [4.78, 5) is 3.84. The van der Waals surface area contributed by atoms with Crippen molar-refractivity contribution in [2.45, 2.75) is 0 Å². The second-order valence-corrected chi connectivity index (χ2v) is 8.51. The van der Waals surface area contributed by atoms with E-state index in [9.17, 15) is 0 Å². The highest BCUT2D eigenvalue weighted by molar-refractivity contribution is 7.26. The lowest BCUT2D eigenvalue weighted by Crippen LogP contribution is -1.80. The lowest BCUT2D eigenvalue weighted by Gasteiger charge is -2.06. The van der Waals surface area contributed by atoms with E-state index in [4.69, 9.17) is 0 Å². The van der Waals surface area contributed by atoms with Crippen LogP contribution in [0.4, 0.5) is 0 Å². The van der Waals surface area contributed by atoms with Crippen LogP contribution in [0.25, 0.3) is 63.5 Å². The van der Waals surface area contributed by atoms with E-state index in [1.54, 1.807) is 0 Å². The maximum Gasteiger partial charge on any atom is 0.0559 e. The van der Waals surface area contributed by atoms with E-state index in [-0.39, 0.29) is 0 Å². The first-order valence-electron chi connectivity index (χ1n) is 9.55. The first-order valence-corrected chi connectivity index (χ1v) is 10.4.